The van der Waals surface area contributed by atoms with E-state index in [4.69, 9.17) is 5.11 Å². The zero-order chi connectivity index (χ0) is 5.72. The van der Waals surface area contributed by atoms with Crippen molar-refractivity contribution in [2.45, 2.75) is 0 Å². The Morgan fingerprint density at radius 2 is 2.50 bits per heavy atom. The minimum absolute atomic E-state index is 0.505. The Kier molecular flexibility index (Phi) is 0.597. The summed E-state index contributed by atoms with van der Waals surface area (Å²) in [5.41, 5.74) is 1.02. The van der Waals surface area contributed by atoms with E-state index in [9.17, 15) is 0 Å². The van der Waals surface area contributed by atoms with Gasteiger partial charge >= 0.3 is 0 Å². The van der Waals surface area contributed by atoms with Crippen molar-refractivity contribution in [3.8, 4) is 5.75 Å². The highest BCUT2D eigenvalue weighted by Crippen LogP contribution is 2.54. The van der Waals surface area contributed by atoms with Crippen LogP contribution in [-0.4, -0.2) is 15.5 Å². The Morgan fingerprint density at radius 3 is 2.62 bits per heavy atom. The summed E-state index contributed by atoms with van der Waals surface area (Å²) < 4.78 is 2.11. The molecule has 0 saturated carbocycles. The van der Waals surface area contributed by atoms with Gasteiger partial charge in [0.1, 0.15) is 15.4 Å². The molecule has 3 rings (SSSR count). The summed E-state index contributed by atoms with van der Waals surface area (Å²) in [7, 11) is 1.00. The second-order valence-corrected chi connectivity index (χ2v) is 3.59. The van der Waals surface area contributed by atoms with Crippen LogP contribution in [0.3, 0.4) is 0 Å². The predicted molar refractivity (Wildman–Crippen MR) is 38.1 cm³/mol. The number of rotatable bonds is 0. The third kappa shape index (κ3) is 0.267. The Hall–Kier alpha value is -0.483. The van der Waals surface area contributed by atoms with E-state index in [-0.39, 0.29) is 0 Å². The van der Waals surface area contributed by atoms with Crippen molar-refractivity contribution in [3.63, 3.8) is 0 Å². The third-order valence-corrected chi connectivity index (χ3v) is 3.68. The molecule has 0 spiro atoms. The molecule has 1 aromatic heterocycles. The molecular weight excluding hydrogens is 138 g/mol. The Morgan fingerprint density at radius 1 is 1.75 bits per heavy atom. The van der Waals surface area contributed by atoms with Crippen molar-refractivity contribution in [2.24, 2.45) is 0 Å². The maximum absolute atomic E-state index is 8.99. The molecule has 2 bridgehead atoms. The van der Waals surface area contributed by atoms with Gasteiger partial charge in [0.05, 0.1) is 5.69 Å². The first kappa shape index (κ1) is 4.40. The minimum Gasteiger partial charge on any atom is -0.503 e. The lowest BCUT2D eigenvalue weighted by molar-refractivity contribution is 0.473. The van der Waals surface area contributed by atoms with Crippen LogP contribution in [0.15, 0.2) is 5.38 Å². The maximum Gasteiger partial charge on any atom is 0.173 e. The molecule has 1 N–H and O–H groups in total. The van der Waals surface area contributed by atoms with Crippen LogP contribution in [-0.2, 0) is 0 Å². The average molecular weight is 143 g/mol. The molecule has 1 aromatic rings. The molecule has 2 aliphatic heterocycles. The fraction of sp³-hybridized carbons (Fsp3) is 0. The van der Waals surface area contributed by atoms with Crippen LogP contribution < -0.4 is 4.57 Å². The molecule has 0 radical (unpaired) electrons. The van der Waals surface area contributed by atoms with Gasteiger partial charge in [-0.15, -0.1) is 11.3 Å². The molecule has 0 fully saturated rings. The van der Waals surface area contributed by atoms with Crippen LogP contribution in [0.2, 0.25) is 0 Å². The molecule has 3 heterocycles. The zero-order valence-corrected chi connectivity index (χ0v) is 7.20. The van der Waals surface area contributed by atoms with Crippen LogP contribution in [0.4, 0.5) is 10.7 Å². The highest BCUT2D eigenvalue weighted by Gasteiger charge is 2.26. The van der Waals surface area contributed by atoms with Crippen molar-refractivity contribution in [2.75, 3.05) is 4.57 Å². The van der Waals surface area contributed by atoms with Crippen LogP contribution in [0.1, 0.15) is 0 Å². The topological polar surface area (TPSA) is 23.5 Å². The Bertz CT molecular complexity index is 212. The summed E-state index contributed by atoms with van der Waals surface area (Å²) in [5, 5.41) is 12.0. The fourth-order valence-corrected chi connectivity index (χ4v) is 2.89. The summed E-state index contributed by atoms with van der Waals surface area (Å²) in [5.74, 6) is 0.505. The lowest BCUT2D eigenvalue weighted by Gasteiger charge is -2.23. The molecule has 42 valence electrons. The van der Waals surface area contributed by atoms with Crippen molar-refractivity contribution < 1.29 is 5.11 Å². The number of nitrogens with zero attached hydrogens (tertiary/aromatic N) is 1. The van der Waals surface area contributed by atoms with Crippen LogP contribution in [0.5, 0.6) is 5.75 Å². The number of hydrogen-bond donors (Lipinski definition) is 1. The lowest BCUT2D eigenvalue weighted by atomic mass is 10.3. The van der Waals surface area contributed by atoms with E-state index in [2.05, 4.69) is 4.57 Å². The predicted octanol–water partition coefficient (Wildman–Crippen LogP) is 0.186. The van der Waals surface area contributed by atoms with Gasteiger partial charge in [0, 0.05) is 5.38 Å². The summed E-state index contributed by atoms with van der Waals surface area (Å²) in [6, 6.07) is 0. The molecule has 0 aromatic carbocycles. The van der Waals surface area contributed by atoms with Gasteiger partial charge < -0.3 is 9.67 Å². The first-order chi connectivity index (χ1) is 3.80. The zero-order valence-electron chi connectivity index (χ0n) is 4.38. The number of anilines is 2. The van der Waals surface area contributed by atoms with Gasteiger partial charge in [0.25, 0.3) is 0 Å². The van der Waals surface area contributed by atoms with E-state index in [0.29, 0.717) is 5.75 Å². The van der Waals surface area contributed by atoms with Crippen LogP contribution in [0, 0.1) is 0 Å². The molecular formula is C4H5NOSSi. The van der Waals surface area contributed by atoms with Crippen LogP contribution in [0.25, 0.3) is 0 Å². The molecule has 0 aliphatic carbocycles. The normalized spacial score (nSPS) is 14.2. The molecule has 0 atom stereocenters. The quantitative estimate of drug-likeness (QED) is 0.524. The number of thiophene rings is 1. The van der Waals surface area contributed by atoms with E-state index in [1.165, 1.54) is 0 Å². The molecule has 4 heteroatoms. The summed E-state index contributed by atoms with van der Waals surface area (Å²) in [6.45, 7) is 0. The molecule has 8 heavy (non-hydrogen) atoms. The fourth-order valence-electron chi connectivity index (χ4n) is 0.865. The van der Waals surface area contributed by atoms with E-state index < -0.39 is 0 Å². The third-order valence-electron chi connectivity index (χ3n) is 1.39. The maximum atomic E-state index is 8.99. The number of fused-ring (bicyclic) bond motifs is 1. The molecule has 2 nitrogen and oxygen atoms in total. The molecule has 0 amide bonds. The second kappa shape index (κ2) is 1.09. The largest absolute Gasteiger partial charge is 0.503 e. The SMILES string of the molecule is Oc1c2csc1N2[SiH3]. The second-order valence-electron chi connectivity index (χ2n) is 1.83. The first-order valence-corrected chi connectivity index (χ1v) is 4.12. The molecule has 0 saturated heterocycles. The van der Waals surface area contributed by atoms with Gasteiger partial charge in [-0.05, 0) is 0 Å². The van der Waals surface area contributed by atoms with E-state index in [0.717, 1.165) is 21.1 Å². The average Bonchev–Trinajstić information content (AvgIpc) is 2.26. The van der Waals surface area contributed by atoms with Gasteiger partial charge in [-0.25, -0.2) is 0 Å². The van der Waals surface area contributed by atoms with E-state index >= 15 is 0 Å². The van der Waals surface area contributed by atoms with Gasteiger partial charge in [-0.2, -0.15) is 0 Å². The number of hydrogen-bond acceptors (Lipinski definition) is 3. The van der Waals surface area contributed by atoms with Crippen LogP contribution >= 0.6 is 11.3 Å². The summed E-state index contributed by atoms with van der Waals surface area (Å²) in [6.07, 6.45) is 0. The number of aromatic hydroxyl groups is 1. The van der Waals surface area contributed by atoms with Crippen molar-refractivity contribution >= 4 is 32.4 Å². The highest BCUT2D eigenvalue weighted by molar-refractivity contribution is 7.17. The van der Waals surface area contributed by atoms with E-state index in [1.54, 1.807) is 11.3 Å². The van der Waals surface area contributed by atoms with Crippen molar-refractivity contribution in [1.29, 1.82) is 0 Å². The smallest absolute Gasteiger partial charge is 0.173 e. The Balaban J connectivity index is 2.67. The van der Waals surface area contributed by atoms with Gasteiger partial charge in [-0.1, -0.05) is 0 Å². The van der Waals surface area contributed by atoms with Crippen molar-refractivity contribution in [1.82, 2.24) is 0 Å². The van der Waals surface area contributed by atoms with Gasteiger partial charge in [0.2, 0.25) is 0 Å². The highest BCUT2D eigenvalue weighted by atomic mass is 32.1. The summed E-state index contributed by atoms with van der Waals surface area (Å²) in [4.78, 5) is 0. The van der Waals surface area contributed by atoms with Crippen molar-refractivity contribution in [3.05, 3.63) is 5.38 Å². The molecule has 0 unspecified atom stereocenters. The first-order valence-electron chi connectivity index (χ1n) is 2.35. The lowest BCUT2D eigenvalue weighted by Crippen LogP contribution is -2.14. The standard InChI is InChI=1S/C4H5NOSSi/c6-3-2-1-7-4(3)5(2)8/h1,6H,8H3. The van der Waals surface area contributed by atoms with E-state index in [1.807, 2.05) is 5.38 Å². The van der Waals surface area contributed by atoms with Gasteiger partial charge in [0.15, 0.2) is 5.75 Å². The Labute approximate surface area is 53.9 Å². The monoisotopic (exact) mass is 143 g/mol. The molecule has 2 aliphatic rings. The minimum atomic E-state index is 0.505. The van der Waals surface area contributed by atoms with Gasteiger partial charge in [-0.3, -0.25) is 0 Å². The summed E-state index contributed by atoms with van der Waals surface area (Å²) >= 11 is 1.62.